The van der Waals surface area contributed by atoms with Crippen molar-refractivity contribution in [3.8, 4) is 5.75 Å². The summed E-state index contributed by atoms with van der Waals surface area (Å²) < 4.78 is 5.56. The van der Waals surface area contributed by atoms with Crippen LogP contribution in [-0.2, 0) is 11.2 Å². The molecule has 0 spiro atoms. The number of hydrogen-bond donors (Lipinski definition) is 2. The lowest BCUT2D eigenvalue weighted by Gasteiger charge is -2.13. The van der Waals surface area contributed by atoms with Gasteiger partial charge in [0.25, 0.3) is 0 Å². The largest absolute Gasteiger partial charge is 0.508 e. The molecule has 0 aliphatic heterocycles. The molecule has 6 heteroatoms. The Morgan fingerprint density at radius 3 is 3.00 bits per heavy atom. The fourth-order valence-corrected chi connectivity index (χ4v) is 1.63. The number of ether oxygens (including phenoxy) is 1. The first-order valence-corrected chi connectivity index (χ1v) is 5.42. The maximum atomic E-state index is 9.40. The minimum atomic E-state index is -0.249. The van der Waals surface area contributed by atoms with Crippen LogP contribution in [-0.4, -0.2) is 32.3 Å². The number of benzene rings is 1. The summed E-state index contributed by atoms with van der Waals surface area (Å²) in [6, 6.07) is 7.05. The number of nitrogens with zero attached hydrogens (tertiary/aromatic N) is 3. The molecule has 0 radical (unpaired) electrons. The molecule has 0 saturated heterocycles. The van der Waals surface area contributed by atoms with Crippen molar-refractivity contribution in [3.63, 3.8) is 0 Å². The molecule has 1 unspecified atom stereocenters. The number of rotatable bonds is 5. The molecule has 17 heavy (non-hydrogen) atoms. The topological polar surface area (TPSA) is 83.9 Å². The monoisotopic (exact) mass is 234 g/mol. The van der Waals surface area contributed by atoms with E-state index in [1.165, 1.54) is 0 Å². The van der Waals surface area contributed by atoms with Gasteiger partial charge in [0.1, 0.15) is 11.9 Å². The third kappa shape index (κ3) is 3.01. The highest BCUT2D eigenvalue weighted by atomic mass is 16.5. The smallest absolute Gasteiger partial charge is 0.203 e. The second-order valence-corrected chi connectivity index (χ2v) is 3.59. The third-order valence-electron chi connectivity index (χ3n) is 2.35. The lowest BCUT2D eigenvalue weighted by atomic mass is 10.1. The molecule has 1 atom stereocenters. The van der Waals surface area contributed by atoms with Crippen LogP contribution in [0.2, 0.25) is 0 Å². The van der Waals surface area contributed by atoms with E-state index >= 15 is 0 Å². The van der Waals surface area contributed by atoms with Gasteiger partial charge in [0.05, 0.1) is 0 Å². The molecular weight excluding hydrogens is 220 g/mol. The summed E-state index contributed by atoms with van der Waals surface area (Å²) in [6.07, 6.45) is 0.349. The average Bonchev–Trinajstić information content (AvgIpc) is 2.82. The van der Waals surface area contributed by atoms with Crippen molar-refractivity contribution in [3.05, 3.63) is 35.7 Å². The van der Waals surface area contributed by atoms with Gasteiger partial charge in [-0.1, -0.05) is 17.3 Å². The van der Waals surface area contributed by atoms with Gasteiger partial charge in [0.15, 0.2) is 0 Å². The number of aromatic hydroxyl groups is 1. The molecule has 0 aliphatic rings. The summed E-state index contributed by atoms with van der Waals surface area (Å²) in [6.45, 7) is 2.48. The Morgan fingerprint density at radius 2 is 2.35 bits per heavy atom. The zero-order valence-corrected chi connectivity index (χ0v) is 9.50. The van der Waals surface area contributed by atoms with Crippen LogP contribution in [0.25, 0.3) is 0 Å². The van der Waals surface area contributed by atoms with Gasteiger partial charge < -0.3 is 9.84 Å². The zero-order valence-electron chi connectivity index (χ0n) is 9.50. The van der Waals surface area contributed by atoms with Gasteiger partial charge in [0, 0.05) is 13.0 Å². The average molecular weight is 234 g/mol. The molecule has 0 aliphatic carbocycles. The molecule has 1 aromatic carbocycles. The summed E-state index contributed by atoms with van der Waals surface area (Å²) in [7, 11) is 0. The Morgan fingerprint density at radius 1 is 1.47 bits per heavy atom. The molecule has 0 amide bonds. The van der Waals surface area contributed by atoms with Crippen LogP contribution in [0.5, 0.6) is 5.75 Å². The summed E-state index contributed by atoms with van der Waals surface area (Å²) in [5.74, 6) is 0.765. The number of aromatic amines is 1. The van der Waals surface area contributed by atoms with Crippen molar-refractivity contribution < 1.29 is 9.84 Å². The summed E-state index contributed by atoms with van der Waals surface area (Å²) in [5.41, 5.74) is 0.966. The molecule has 90 valence electrons. The van der Waals surface area contributed by atoms with Crippen LogP contribution in [0.4, 0.5) is 0 Å². The number of H-pyrrole nitrogens is 1. The van der Waals surface area contributed by atoms with Crippen LogP contribution < -0.4 is 0 Å². The van der Waals surface area contributed by atoms with Crippen LogP contribution in [0.15, 0.2) is 24.3 Å². The van der Waals surface area contributed by atoms with Crippen LogP contribution in [0.3, 0.4) is 0 Å². The van der Waals surface area contributed by atoms with Gasteiger partial charge in [-0.25, -0.2) is 0 Å². The minimum absolute atomic E-state index is 0.242. The Kier molecular flexibility index (Phi) is 3.66. The molecule has 0 saturated carbocycles. The lowest BCUT2D eigenvalue weighted by Crippen LogP contribution is -2.09. The van der Waals surface area contributed by atoms with Crippen molar-refractivity contribution in [1.29, 1.82) is 0 Å². The standard InChI is InChI=1S/C11H14N4O2/c1-2-17-10(11-12-14-15-13-11)7-8-4-3-5-9(16)6-8/h3-6,10,16H,2,7H2,1H3,(H,12,13,14,15). The molecule has 1 aromatic heterocycles. The lowest BCUT2D eigenvalue weighted by molar-refractivity contribution is 0.0565. The van der Waals surface area contributed by atoms with E-state index in [1.54, 1.807) is 18.2 Å². The maximum Gasteiger partial charge on any atom is 0.203 e. The second-order valence-electron chi connectivity index (χ2n) is 3.59. The molecule has 6 nitrogen and oxygen atoms in total. The first kappa shape index (κ1) is 11.5. The molecule has 0 bridgehead atoms. The Labute approximate surface area is 98.6 Å². The Hall–Kier alpha value is -1.95. The Bertz CT molecular complexity index is 458. The van der Waals surface area contributed by atoms with Gasteiger partial charge >= 0.3 is 0 Å². The van der Waals surface area contributed by atoms with E-state index in [0.29, 0.717) is 18.9 Å². The highest BCUT2D eigenvalue weighted by Gasteiger charge is 2.17. The van der Waals surface area contributed by atoms with Gasteiger partial charge in [-0.05, 0) is 24.6 Å². The number of phenols is 1. The molecular formula is C11H14N4O2. The van der Waals surface area contributed by atoms with Crippen molar-refractivity contribution in [1.82, 2.24) is 20.6 Å². The van der Waals surface area contributed by atoms with E-state index in [9.17, 15) is 5.11 Å². The highest BCUT2D eigenvalue weighted by Crippen LogP contribution is 2.20. The second kappa shape index (κ2) is 5.40. The van der Waals surface area contributed by atoms with Crippen LogP contribution >= 0.6 is 0 Å². The van der Waals surface area contributed by atoms with Crippen LogP contribution in [0.1, 0.15) is 24.4 Å². The SMILES string of the molecule is CCOC(Cc1cccc(O)c1)c1nn[nH]n1. The van der Waals surface area contributed by atoms with E-state index < -0.39 is 0 Å². The molecule has 0 fully saturated rings. The predicted octanol–water partition coefficient (Wildman–Crippen LogP) is 1.23. The molecule has 1 heterocycles. The normalized spacial score (nSPS) is 12.5. The maximum absolute atomic E-state index is 9.40. The fourth-order valence-electron chi connectivity index (χ4n) is 1.63. The van der Waals surface area contributed by atoms with E-state index in [-0.39, 0.29) is 11.9 Å². The molecule has 2 aromatic rings. The quantitative estimate of drug-likeness (QED) is 0.812. The summed E-state index contributed by atoms with van der Waals surface area (Å²) in [5, 5.41) is 23.2. The first-order chi connectivity index (χ1) is 8.29. The first-order valence-electron chi connectivity index (χ1n) is 5.42. The number of tetrazole rings is 1. The van der Waals surface area contributed by atoms with Crippen molar-refractivity contribution in [2.24, 2.45) is 0 Å². The van der Waals surface area contributed by atoms with Gasteiger partial charge in [0.2, 0.25) is 5.82 Å². The van der Waals surface area contributed by atoms with E-state index in [1.807, 2.05) is 13.0 Å². The number of aromatic nitrogens is 4. The zero-order chi connectivity index (χ0) is 12.1. The van der Waals surface area contributed by atoms with Crippen molar-refractivity contribution in [2.75, 3.05) is 6.61 Å². The van der Waals surface area contributed by atoms with Gasteiger partial charge in [-0.15, -0.1) is 10.2 Å². The number of nitrogens with one attached hydrogen (secondary N) is 1. The van der Waals surface area contributed by atoms with Crippen molar-refractivity contribution >= 4 is 0 Å². The third-order valence-corrected chi connectivity index (χ3v) is 2.35. The van der Waals surface area contributed by atoms with E-state index in [0.717, 1.165) is 5.56 Å². The fraction of sp³-hybridized carbons (Fsp3) is 0.364. The number of phenolic OH excluding ortho intramolecular Hbond substituents is 1. The molecule has 2 rings (SSSR count). The molecule has 2 N–H and O–H groups in total. The number of hydrogen-bond acceptors (Lipinski definition) is 5. The summed E-state index contributed by atoms with van der Waals surface area (Å²) in [4.78, 5) is 0. The van der Waals surface area contributed by atoms with Crippen molar-refractivity contribution in [2.45, 2.75) is 19.4 Å². The predicted molar refractivity (Wildman–Crippen MR) is 60.4 cm³/mol. The van der Waals surface area contributed by atoms with Gasteiger partial charge in [-0.2, -0.15) is 5.21 Å². The van der Waals surface area contributed by atoms with Crippen LogP contribution in [0, 0.1) is 0 Å². The van der Waals surface area contributed by atoms with E-state index in [4.69, 9.17) is 4.74 Å². The van der Waals surface area contributed by atoms with Gasteiger partial charge in [-0.3, -0.25) is 0 Å². The minimum Gasteiger partial charge on any atom is -0.508 e. The highest BCUT2D eigenvalue weighted by molar-refractivity contribution is 5.27. The Balaban J connectivity index is 2.13. The van der Waals surface area contributed by atoms with E-state index in [2.05, 4.69) is 20.6 Å². The summed E-state index contributed by atoms with van der Waals surface area (Å²) >= 11 is 0.